The zero-order valence-electron chi connectivity index (χ0n) is 15.4. The summed E-state index contributed by atoms with van der Waals surface area (Å²) in [6.45, 7) is 4.62. The molecule has 1 aliphatic heterocycles. The molecule has 27 heavy (non-hydrogen) atoms. The van der Waals surface area contributed by atoms with Gasteiger partial charge in [0.1, 0.15) is 5.69 Å². The van der Waals surface area contributed by atoms with Crippen LogP contribution in [0.25, 0.3) is 0 Å². The summed E-state index contributed by atoms with van der Waals surface area (Å²) in [6, 6.07) is 8.33. The van der Waals surface area contributed by atoms with E-state index in [0.29, 0.717) is 29.2 Å². The first kappa shape index (κ1) is 18.9. The van der Waals surface area contributed by atoms with E-state index < -0.39 is 0 Å². The van der Waals surface area contributed by atoms with Crippen molar-refractivity contribution in [1.29, 1.82) is 0 Å². The summed E-state index contributed by atoms with van der Waals surface area (Å²) in [5.41, 5.74) is 7.80. The van der Waals surface area contributed by atoms with Gasteiger partial charge in [-0.1, -0.05) is 0 Å². The van der Waals surface area contributed by atoms with E-state index >= 15 is 0 Å². The van der Waals surface area contributed by atoms with Crippen molar-refractivity contribution < 1.29 is 14.3 Å². The van der Waals surface area contributed by atoms with Gasteiger partial charge in [-0.15, -0.1) is 0 Å². The summed E-state index contributed by atoms with van der Waals surface area (Å²) in [5, 5.41) is 5.72. The van der Waals surface area contributed by atoms with Crippen LogP contribution in [0.4, 0.5) is 11.4 Å². The molecule has 1 aliphatic rings. The van der Waals surface area contributed by atoms with Crippen LogP contribution in [0.2, 0.25) is 0 Å². The number of nitrogen functional groups attached to an aromatic ring is 1. The first-order valence-corrected chi connectivity index (χ1v) is 8.94. The number of carbonyl (C=O) groups excluding carboxylic acids is 2. The minimum absolute atomic E-state index is 0.168. The lowest BCUT2D eigenvalue weighted by molar-refractivity contribution is 0.0383. The van der Waals surface area contributed by atoms with Crippen LogP contribution >= 0.6 is 0 Å². The van der Waals surface area contributed by atoms with Crippen molar-refractivity contribution in [3.63, 3.8) is 0 Å². The van der Waals surface area contributed by atoms with Gasteiger partial charge in [-0.3, -0.25) is 14.5 Å². The fraction of sp³-hybridized carbons (Fsp3) is 0.368. The van der Waals surface area contributed by atoms with Gasteiger partial charge in [0.25, 0.3) is 11.8 Å². The maximum absolute atomic E-state index is 12.4. The Bertz CT molecular complexity index is 794. The molecular formula is C19H25N5O3. The van der Waals surface area contributed by atoms with Crippen LogP contribution < -0.4 is 16.4 Å². The van der Waals surface area contributed by atoms with Gasteiger partial charge in [0.2, 0.25) is 0 Å². The SMILES string of the molecule is Cn1cc(NC(=O)c2ccc(N)cc2)cc1C(=O)NCCN1CCOCC1. The number of nitrogens with one attached hydrogen (secondary N) is 2. The quantitative estimate of drug-likeness (QED) is 0.656. The maximum Gasteiger partial charge on any atom is 0.268 e. The van der Waals surface area contributed by atoms with Crippen molar-refractivity contribution in [2.24, 2.45) is 7.05 Å². The molecule has 0 radical (unpaired) electrons. The molecule has 0 unspecified atom stereocenters. The Hall–Kier alpha value is -2.84. The highest BCUT2D eigenvalue weighted by atomic mass is 16.5. The number of aryl methyl sites for hydroxylation is 1. The summed E-state index contributed by atoms with van der Waals surface area (Å²) in [6.07, 6.45) is 1.71. The average Bonchev–Trinajstić information content (AvgIpc) is 3.03. The maximum atomic E-state index is 12.4. The second-order valence-electron chi connectivity index (χ2n) is 6.51. The Morgan fingerprint density at radius 3 is 2.56 bits per heavy atom. The molecule has 1 fully saturated rings. The topological polar surface area (TPSA) is 102 Å². The molecule has 1 aromatic carbocycles. The number of nitrogens with zero attached hydrogens (tertiary/aromatic N) is 2. The van der Waals surface area contributed by atoms with E-state index in [1.165, 1.54) is 0 Å². The standard InChI is InChI=1S/C19H25N5O3/c1-23-13-16(22-18(25)14-2-4-15(20)5-3-14)12-17(23)19(26)21-6-7-24-8-10-27-11-9-24/h2-5,12-13H,6-11,20H2,1H3,(H,21,26)(H,22,25). The molecule has 2 amide bonds. The normalized spacial score (nSPS) is 14.7. The summed E-state index contributed by atoms with van der Waals surface area (Å²) in [7, 11) is 1.77. The van der Waals surface area contributed by atoms with Gasteiger partial charge in [0, 0.05) is 50.7 Å². The summed E-state index contributed by atoms with van der Waals surface area (Å²) < 4.78 is 7.01. The minimum atomic E-state index is -0.250. The Balaban J connectivity index is 1.54. The number of benzene rings is 1. The third kappa shape index (κ3) is 5.08. The van der Waals surface area contributed by atoms with Crippen molar-refractivity contribution in [2.75, 3.05) is 50.4 Å². The van der Waals surface area contributed by atoms with Crippen molar-refractivity contribution >= 4 is 23.2 Å². The molecule has 8 nitrogen and oxygen atoms in total. The van der Waals surface area contributed by atoms with Crippen LogP contribution in [0.5, 0.6) is 0 Å². The lowest BCUT2D eigenvalue weighted by Crippen LogP contribution is -2.41. The highest BCUT2D eigenvalue weighted by molar-refractivity contribution is 6.05. The average molecular weight is 371 g/mol. The van der Waals surface area contributed by atoms with E-state index in [0.717, 1.165) is 32.8 Å². The Morgan fingerprint density at radius 1 is 1.15 bits per heavy atom. The van der Waals surface area contributed by atoms with Crippen LogP contribution in [-0.2, 0) is 11.8 Å². The van der Waals surface area contributed by atoms with Gasteiger partial charge < -0.3 is 25.7 Å². The van der Waals surface area contributed by atoms with Crippen molar-refractivity contribution in [3.05, 3.63) is 47.8 Å². The fourth-order valence-electron chi connectivity index (χ4n) is 2.94. The highest BCUT2D eigenvalue weighted by Crippen LogP contribution is 2.15. The molecule has 0 atom stereocenters. The number of morpholine rings is 1. The van der Waals surface area contributed by atoms with E-state index in [4.69, 9.17) is 10.5 Å². The number of nitrogens with two attached hydrogens (primary N) is 1. The molecule has 1 saturated heterocycles. The number of hydrogen-bond acceptors (Lipinski definition) is 5. The highest BCUT2D eigenvalue weighted by Gasteiger charge is 2.15. The van der Waals surface area contributed by atoms with Crippen molar-refractivity contribution in [1.82, 2.24) is 14.8 Å². The molecule has 2 aromatic rings. The molecule has 144 valence electrons. The molecule has 4 N–H and O–H groups in total. The van der Waals surface area contributed by atoms with E-state index in [1.54, 1.807) is 48.1 Å². The van der Waals surface area contributed by atoms with E-state index in [2.05, 4.69) is 15.5 Å². The lowest BCUT2D eigenvalue weighted by atomic mass is 10.2. The Labute approximate surface area is 158 Å². The smallest absolute Gasteiger partial charge is 0.268 e. The zero-order valence-corrected chi connectivity index (χ0v) is 15.4. The fourth-order valence-corrected chi connectivity index (χ4v) is 2.94. The van der Waals surface area contributed by atoms with Crippen molar-refractivity contribution in [2.45, 2.75) is 0 Å². The molecular weight excluding hydrogens is 346 g/mol. The largest absolute Gasteiger partial charge is 0.399 e. The number of rotatable bonds is 6. The summed E-state index contributed by atoms with van der Waals surface area (Å²) in [5.74, 6) is -0.418. The second-order valence-corrected chi connectivity index (χ2v) is 6.51. The molecule has 3 rings (SSSR count). The van der Waals surface area contributed by atoms with Gasteiger partial charge in [0.15, 0.2) is 0 Å². The Kier molecular flexibility index (Phi) is 6.10. The lowest BCUT2D eigenvalue weighted by Gasteiger charge is -2.26. The third-order valence-corrected chi connectivity index (χ3v) is 4.49. The predicted molar refractivity (Wildman–Crippen MR) is 104 cm³/mol. The first-order chi connectivity index (χ1) is 13.0. The van der Waals surface area contributed by atoms with E-state index in [-0.39, 0.29) is 11.8 Å². The Morgan fingerprint density at radius 2 is 1.85 bits per heavy atom. The summed E-state index contributed by atoms with van der Waals surface area (Å²) in [4.78, 5) is 27.0. The van der Waals surface area contributed by atoms with Gasteiger partial charge >= 0.3 is 0 Å². The van der Waals surface area contributed by atoms with Gasteiger partial charge in [-0.25, -0.2) is 0 Å². The monoisotopic (exact) mass is 371 g/mol. The van der Waals surface area contributed by atoms with Gasteiger partial charge in [0.05, 0.1) is 18.9 Å². The minimum Gasteiger partial charge on any atom is -0.399 e. The zero-order chi connectivity index (χ0) is 19.2. The molecule has 0 bridgehead atoms. The van der Waals surface area contributed by atoms with E-state index in [9.17, 15) is 9.59 Å². The first-order valence-electron chi connectivity index (χ1n) is 8.94. The number of carbonyl (C=O) groups is 2. The number of amides is 2. The van der Waals surface area contributed by atoms with Gasteiger partial charge in [-0.2, -0.15) is 0 Å². The van der Waals surface area contributed by atoms with Crippen molar-refractivity contribution in [3.8, 4) is 0 Å². The number of anilines is 2. The number of aromatic nitrogens is 1. The van der Waals surface area contributed by atoms with Crippen LogP contribution in [0.15, 0.2) is 36.5 Å². The predicted octanol–water partition coefficient (Wildman–Crippen LogP) is 0.922. The number of ether oxygens (including phenoxy) is 1. The third-order valence-electron chi connectivity index (χ3n) is 4.49. The molecule has 0 aliphatic carbocycles. The summed E-state index contributed by atoms with van der Waals surface area (Å²) >= 11 is 0. The van der Waals surface area contributed by atoms with Gasteiger partial charge in [-0.05, 0) is 30.3 Å². The number of hydrogen-bond donors (Lipinski definition) is 3. The van der Waals surface area contributed by atoms with Crippen LogP contribution in [-0.4, -0.2) is 60.7 Å². The second kappa shape index (κ2) is 8.70. The van der Waals surface area contributed by atoms with Crippen LogP contribution in [0.3, 0.4) is 0 Å². The molecule has 1 aromatic heterocycles. The van der Waals surface area contributed by atoms with Crippen LogP contribution in [0.1, 0.15) is 20.8 Å². The van der Waals surface area contributed by atoms with Crippen LogP contribution in [0, 0.1) is 0 Å². The molecule has 0 saturated carbocycles. The molecule has 2 heterocycles. The van der Waals surface area contributed by atoms with E-state index in [1.807, 2.05) is 0 Å². The molecule has 8 heteroatoms. The molecule has 0 spiro atoms.